The summed E-state index contributed by atoms with van der Waals surface area (Å²) >= 11 is 0. The number of nitrogens with zero attached hydrogens (tertiary/aromatic N) is 5. The number of hydrogen-bond donors (Lipinski definition) is 1. The summed E-state index contributed by atoms with van der Waals surface area (Å²) in [6, 6.07) is 18.4. The highest BCUT2D eigenvalue weighted by Gasteiger charge is 2.33. The molecule has 0 aliphatic carbocycles. The monoisotopic (exact) mass is 484 g/mol. The van der Waals surface area contributed by atoms with E-state index in [4.69, 9.17) is 4.42 Å². The summed E-state index contributed by atoms with van der Waals surface area (Å²) in [5.41, 5.74) is 2.19. The molecule has 2 aromatic carbocycles. The van der Waals surface area contributed by atoms with Crippen LogP contribution in [0.4, 0.5) is 10.1 Å². The number of pyridine rings is 1. The molecule has 0 fully saturated rings. The molecule has 0 spiro atoms. The number of hydrogen-bond acceptors (Lipinski definition) is 6. The van der Waals surface area contributed by atoms with Gasteiger partial charge in [-0.15, -0.1) is 5.10 Å². The molecule has 9 nitrogen and oxygen atoms in total. The molecule has 5 rings (SSSR count). The van der Waals surface area contributed by atoms with Crippen molar-refractivity contribution < 1.29 is 18.4 Å². The zero-order valence-electron chi connectivity index (χ0n) is 19.0. The first-order chi connectivity index (χ1) is 17.6. The van der Waals surface area contributed by atoms with Crippen LogP contribution in [-0.4, -0.2) is 31.8 Å². The molecule has 3 heterocycles. The number of carbonyl (C=O) groups is 2. The van der Waals surface area contributed by atoms with Crippen LogP contribution < -0.4 is 10.2 Å². The Kier molecular flexibility index (Phi) is 6.48. The number of rotatable bonds is 8. The molecule has 10 heteroatoms. The van der Waals surface area contributed by atoms with Gasteiger partial charge in [0.05, 0.1) is 18.3 Å². The van der Waals surface area contributed by atoms with Crippen LogP contribution in [-0.2, 0) is 22.7 Å². The quantitative estimate of drug-likeness (QED) is 0.360. The van der Waals surface area contributed by atoms with Gasteiger partial charge in [0.15, 0.2) is 0 Å². The minimum absolute atomic E-state index is 0.132. The van der Waals surface area contributed by atoms with E-state index in [1.165, 1.54) is 40.1 Å². The number of aromatic nitrogens is 4. The van der Waals surface area contributed by atoms with E-state index in [0.717, 1.165) is 0 Å². The summed E-state index contributed by atoms with van der Waals surface area (Å²) in [5.74, 6) is -0.785. The van der Waals surface area contributed by atoms with Gasteiger partial charge in [0.1, 0.15) is 29.7 Å². The average molecular weight is 484 g/mol. The third kappa shape index (κ3) is 4.83. The van der Waals surface area contributed by atoms with Crippen molar-refractivity contribution in [3.63, 3.8) is 0 Å². The van der Waals surface area contributed by atoms with E-state index in [1.807, 2.05) is 12.1 Å². The summed E-state index contributed by atoms with van der Waals surface area (Å²) < 4.78 is 20.6. The largest absolute Gasteiger partial charge is 0.467 e. The molecule has 0 saturated carbocycles. The second-order valence-corrected chi connectivity index (χ2v) is 7.96. The Morgan fingerprint density at radius 3 is 2.53 bits per heavy atom. The van der Waals surface area contributed by atoms with E-state index in [1.54, 1.807) is 48.8 Å². The van der Waals surface area contributed by atoms with E-state index in [0.29, 0.717) is 28.0 Å². The second-order valence-electron chi connectivity index (χ2n) is 7.96. The Labute approximate surface area is 205 Å². The zero-order valence-corrected chi connectivity index (χ0v) is 19.0. The minimum atomic E-state index is -1.07. The van der Waals surface area contributed by atoms with Crippen molar-refractivity contribution in [2.45, 2.75) is 19.1 Å². The highest BCUT2D eigenvalue weighted by Crippen LogP contribution is 2.29. The van der Waals surface area contributed by atoms with Crippen LogP contribution in [0.5, 0.6) is 0 Å². The molecule has 3 aromatic heterocycles. The first-order valence-corrected chi connectivity index (χ1v) is 11.2. The normalized spacial score (nSPS) is 11.8. The Bertz CT molecular complexity index is 1470. The molecule has 1 atom stereocenters. The lowest BCUT2D eigenvalue weighted by Crippen LogP contribution is -2.45. The maximum atomic E-state index is 13.8. The van der Waals surface area contributed by atoms with Gasteiger partial charge in [0.2, 0.25) is 11.8 Å². The van der Waals surface area contributed by atoms with E-state index < -0.39 is 23.7 Å². The molecule has 0 aliphatic rings. The van der Waals surface area contributed by atoms with Crippen molar-refractivity contribution >= 4 is 28.5 Å². The van der Waals surface area contributed by atoms with Crippen molar-refractivity contribution in [3.8, 4) is 0 Å². The van der Waals surface area contributed by atoms with Gasteiger partial charge in [0.25, 0.3) is 0 Å². The number of amides is 2. The lowest BCUT2D eigenvalue weighted by Gasteiger charge is -2.31. The van der Waals surface area contributed by atoms with Crippen LogP contribution in [0.3, 0.4) is 0 Å². The molecule has 180 valence electrons. The number of carbonyl (C=O) groups excluding carboxylic acids is 2. The van der Waals surface area contributed by atoms with Crippen LogP contribution in [0.25, 0.3) is 11.0 Å². The molecule has 0 unspecified atom stereocenters. The molecule has 5 aromatic rings. The number of anilines is 1. The van der Waals surface area contributed by atoms with Crippen molar-refractivity contribution in [2.75, 3.05) is 4.90 Å². The standard InChI is InChI=1S/C26H21FN6O3/c27-19-7-9-20(10-8-19)33(24(34)17-32-23-6-2-1-5-22(23)30-31-32)25(18-11-13-28-14-12-18)26(35)29-16-21-4-3-15-36-21/h1-15,25H,16-17H2,(H,29,35)/t25-/m0/s1. The minimum Gasteiger partial charge on any atom is -0.467 e. The SMILES string of the molecule is O=C(NCc1ccco1)[C@H](c1ccncc1)N(C(=O)Cn1nnc2ccccc21)c1ccc(F)cc1. The van der Waals surface area contributed by atoms with Gasteiger partial charge >= 0.3 is 0 Å². The highest BCUT2D eigenvalue weighted by molar-refractivity contribution is 6.01. The van der Waals surface area contributed by atoms with E-state index in [-0.39, 0.29) is 13.1 Å². The lowest BCUT2D eigenvalue weighted by molar-refractivity contribution is -0.127. The Morgan fingerprint density at radius 2 is 1.78 bits per heavy atom. The van der Waals surface area contributed by atoms with Crippen molar-refractivity contribution in [3.05, 3.63) is 109 Å². The van der Waals surface area contributed by atoms with Crippen LogP contribution >= 0.6 is 0 Å². The number of halogens is 1. The van der Waals surface area contributed by atoms with Gasteiger partial charge in [-0.25, -0.2) is 9.07 Å². The number of furan rings is 1. The molecule has 0 saturated heterocycles. The molecule has 36 heavy (non-hydrogen) atoms. The molecule has 1 N–H and O–H groups in total. The van der Waals surface area contributed by atoms with E-state index in [9.17, 15) is 14.0 Å². The first kappa shape index (κ1) is 22.9. The number of fused-ring (bicyclic) bond motifs is 1. The third-order valence-corrected chi connectivity index (χ3v) is 5.62. The maximum Gasteiger partial charge on any atom is 0.249 e. The van der Waals surface area contributed by atoms with Gasteiger partial charge < -0.3 is 9.73 Å². The van der Waals surface area contributed by atoms with Crippen molar-refractivity contribution in [1.82, 2.24) is 25.3 Å². The summed E-state index contributed by atoms with van der Waals surface area (Å²) in [7, 11) is 0. The smallest absolute Gasteiger partial charge is 0.249 e. The average Bonchev–Trinajstić information content (AvgIpc) is 3.57. The predicted molar refractivity (Wildman–Crippen MR) is 129 cm³/mol. The number of nitrogens with one attached hydrogen (secondary N) is 1. The highest BCUT2D eigenvalue weighted by atomic mass is 19.1. The Balaban J connectivity index is 1.54. The molecular formula is C26H21FN6O3. The van der Waals surface area contributed by atoms with Gasteiger partial charge in [-0.05, 0) is 66.2 Å². The summed E-state index contributed by atoms with van der Waals surface area (Å²) in [5, 5.41) is 11.0. The zero-order chi connectivity index (χ0) is 24.9. The van der Waals surface area contributed by atoms with Crippen molar-refractivity contribution in [2.24, 2.45) is 0 Å². The lowest BCUT2D eigenvalue weighted by atomic mass is 10.0. The predicted octanol–water partition coefficient (Wildman–Crippen LogP) is 3.65. The number of para-hydroxylation sites is 1. The fraction of sp³-hybridized carbons (Fsp3) is 0.115. The van der Waals surface area contributed by atoms with E-state index >= 15 is 0 Å². The van der Waals surface area contributed by atoms with E-state index in [2.05, 4.69) is 20.6 Å². The summed E-state index contributed by atoms with van der Waals surface area (Å²) in [4.78, 5) is 32.8. The van der Waals surface area contributed by atoms with Gasteiger partial charge in [-0.2, -0.15) is 0 Å². The molecular weight excluding hydrogens is 463 g/mol. The van der Waals surface area contributed by atoms with Gasteiger partial charge in [-0.3, -0.25) is 19.5 Å². The maximum absolute atomic E-state index is 13.8. The summed E-state index contributed by atoms with van der Waals surface area (Å²) in [6.45, 7) is -0.0580. The summed E-state index contributed by atoms with van der Waals surface area (Å²) in [6.07, 6.45) is 4.60. The third-order valence-electron chi connectivity index (χ3n) is 5.62. The second kappa shape index (κ2) is 10.2. The molecule has 0 aliphatic heterocycles. The van der Waals surface area contributed by atoms with Crippen LogP contribution in [0.1, 0.15) is 17.4 Å². The first-order valence-electron chi connectivity index (χ1n) is 11.2. The fourth-order valence-corrected chi connectivity index (χ4v) is 3.92. The van der Waals surface area contributed by atoms with Crippen molar-refractivity contribution in [1.29, 1.82) is 0 Å². The topological polar surface area (TPSA) is 106 Å². The molecule has 0 radical (unpaired) electrons. The molecule has 2 amide bonds. The Morgan fingerprint density at radius 1 is 1.00 bits per heavy atom. The van der Waals surface area contributed by atoms with Crippen LogP contribution in [0.15, 0.2) is 95.9 Å². The Hall–Kier alpha value is -4.86. The van der Waals surface area contributed by atoms with Crippen LogP contribution in [0.2, 0.25) is 0 Å². The van der Waals surface area contributed by atoms with Crippen LogP contribution in [0, 0.1) is 5.82 Å². The fourth-order valence-electron chi connectivity index (χ4n) is 3.92. The molecule has 0 bridgehead atoms. The van der Waals surface area contributed by atoms with Gasteiger partial charge in [0, 0.05) is 18.1 Å². The van der Waals surface area contributed by atoms with Gasteiger partial charge in [-0.1, -0.05) is 17.3 Å². The number of benzene rings is 2.